The summed E-state index contributed by atoms with van der Waals surface area (Å²) in [6, 6.07) is 14.4. The monoisotopic (exact) mass is 361 g/mol. The fourth-order valence-corrected chi connectivity index (χ4v) is 3.67. The van der Waals surface area contributed by atoms with Crippen LogP contribution in [0.15, 0.2) is 46.9 Å². The van der Waals surface area contributed by atoms with Crippen LogP contribution >= 0.6 is 27.3 Å². The topological polar surface area (TPSA) is 35.2 Å². The lowest BCUT2D eigenvalue weighted by atomic mass is 10.1. The fourth-order valence-electron chi connectivity index (χ4n) is 2.34. The fraction of sp³-hybridized carbons (Fsp3) is 0.176. The summed E-state index contributed by atoms with van der Waals surface area (Å²) in [4.78, 5) is 1.20. The maximum atomic E-state index is 5.97. The molecule has 3 rings (SSSR count). The summed E-state index contributed by atoms with van der Waals surface area (Å²) in [5.74, 6) is 0.883. The van der Waals surface area contributed by atoms with Gasteiger partial charge in [-0.15, -0.1) is 11.3 Å². The smallest absolute Gasteiger partial charge is 0.120 e. The molecule has 1 aromatic heterocycles. The highest BCUT2D eigenvalue weighted by molar-refractivity contribution is 9.10. The molecule has 0 fully saturated rings. The van der Waals surface area contributed by atoms with Crippen LogP contribution in [0.25, 0.3) is 10.1 Å². The lowest BCUT2D eigenvalue weighted by molar-refractivity contribution is 0.307. The van der Waals surface area contributed by atoms with Crippen LogP contribution in [0, 0.1) is 6.92 Å². The number of hydrogen-bond donors (Lipinski definition) is 1. The third-order valence-electron chi connectivity index (χ3n) is 3.48. The zero-order chi connectivity index (χ0) is 14.8. The molecule has 0 aliphatic heterocycles. The van der Waals surface area contributed by atoms with Crippen molar-refractivity contribution >= 4 is 37.4 Å². The van der Waals surface area contributed by atoms with Crippen molar-refractivity contribution in [2.75, 3.05) is 0 Å². The van der Waals surface area contributed by atoms with E-state index in [2.05, 4.69) is 47.1 Å². The second-order valence-corrected chi connectivity index (χ2v) is 6.89. The number of halogens is 1. The van der Waals surface area contributed by atoms with Crippen molar-refractivity contribution in [3.63, 3.8) is 0 Å². The Labute approximate surface area is 136 Å². The summed E-state index contributed by atoms with van der Waals surface area (Å²) in [5, 5.41) is 1.25. The quantitative estimate of drug-likeness (QED) is 0.708. The van der Waals surface area contributed by atoms with Gasteiger partial charge in [0, 0.05) is 26.2 Å². The van der Waals surface area contributed by atoms with Crippen LogP contribution in [-0.2, 0) is 13.2 Å². The molecule has 0 radical (unpaired) electrons. The van der Waals surface area contributed by atoms with E-state index in [4.69, 9.17) is 10.5 Å². The van der Waals surface area contributed by atoms with Gasteiger partial charge in [0.2, 0.25) is 0 Å². The lowest BCUT2D eigenvalue weighted by Gasteiger charge is -2.09. The van der Waals surface area contributed by atoms with Crippen LogP contribution in [0.5, 0.6) is 5.75 Å². The Bertz CT molecular complexity index is 782. The minimum atomic E-state index is 0.553. The molecule has 0 bridgehead atoms. The molecule has 0 aliphatic carbocycles. The van der Waals surface area contributed by atoms with Gasteiger partial charge >= 0.3 is 0 Å². The molecule has 0 saturated heterocycles. The molecule has 2 aromatic carbocycles. The molecule has 21 heavy (non-hydrogen) atoms. The van der Waals surface area contributed by atoms with Crippen LogP contribution in [0.4, 0.5) is 0 Å². The molecule has 2 nitrogen and oxygen atoms in total. The Morgan fingerprint density at radius 1 is 1.19 bits per heavy atom. The first-order valence-corrected chi connectivity index (χ1v) is 8.38. The Morgan fingerprint density at radius 3 is 2.76 bits per heavy atom. The minimum Gasteiger partial charge on any atom is -0.489 e. The van der Waals surface area contributed by atoms with Crippen molar-refractivity contribution in [2.24, 2.45) is 5.73 Å². The van der Waals surface area contributed by atoms with Crippen LogP contribution in [0.3, 0.4) is 0 Å². The summed E-state index contributed by atoms with van der Waals surface area (Å²) in [7, 11) is 0. The van der Waals surface area contributed by atoms with Crippen LogP contribution < -0.4 is 10.5 Å². The summed E-state index contributed by atoms with van der Waals surface area (Å²) in [6.07, 6.45) is 0. The van der Waals surface area contributed by atoms with E-state index < -0.39 is 0 Å². The number of benzene rings is 2. The standard InChI is InChI=1S/C17H16BrNOS/c1-11-8-12(6-7-15(11)18)20-10-14-13-4-2-3-5-16(13)21-17(14)9-19/h2-8H,9-10,19H2,1H3. The molecule has 108 valence electrons. The molecule has 1 heterocycles. The lowest BCUT2D eigenvalue weighted by Crippen LogP contribution is -2.01. The third-order valence-corrected chi connectivity index (χ3v) is 5.61. The molecule has 4 heteroatoms. The number of fused-ring (bicyclic) bond motifs is 1. The molecule has 0 saturated carbocycles. The highest BCUT2D eigenvalue weighted by atomic mass is 79.9. The molecular formula is C17H16BrNOS. The van der Waals surface area contributed by atoms with E-state index in [9.17, 15) is 0 Å². The van der Waals surface area contributed by atoms with E-state index in [0.29, 0.717) is 13.2 Å². The van der Waals surface area contributed by atoms with E-state index in [1.807, 2.05) is 18.2 Å². The van der Waals surface area contributed by atoms with Gasteiger partial charge in [0.15, 0.2) is 0 Å². The highest BCUT2D eigenvalue weighted by Gasteiger charge is 2.11. The average Bonchev–Trinajstić information content (AvgIpc) is 2.86. The van der Waals surface area contributed by atoms with Gasteiger partial charge in [-0.1, -0.05) is 34.1 Å². The second kappa shape index (κ2) is 6.18. The number of rotatable bonds is 4. The number of ether oxygens (including phenoxy) is 1. The molecule has 0 spiro atoms. The van der Waals surface area contributed by atoms with Crippen LogP contribution in [-0.4, -0.2) is 0 Å². The number of aryl methyl sites for hydroxylation is 1. The van der Waals surface area contributed by atoms with Crippen molar-refractivity contribution in [1.29, 1.82) is 0 Å². The largest absolute Gasteiger partial charge is 0.489 e. The molecular weight excluding hydrogens is 346 g/mol. The predicted octanol–water partition coefficient (Wildman–Crippen LogP) is 5.01. The SMILES string of the molecule is Cc1cc(OCc2c(CN)sc3ccccc23)ccc1Br. The highest BCUT2D eigenvalue weighted by Crippen LogP contribution is 2.32. The van der Waals surface area contributed by atoms with Crippen molar-refractivity contribution < 1.29 is 4.74 Å². The van der Waals surface area contributed by atoms with Gasteiger partial charge in [-0.3, -0.25) is 0 Å². The van der Waals surface area contributed by atoms with E-state index in [-0.39, 0.29) is 0 Å². The van der Waals surface area contributed by atoms with E-state index in [1.54, 1.807) is 11.3 Å². The first-order chi connectivity index (χ1) is 10.2. The first-order valence-electron chi connectivity index (χ1n) is 6.77. The van der Waals surface area contributed by atoms with Gasteiger partial charge in [-0.05, 0) is 42.1 Å². The average molecular weight is 362 g/mol. The van der Waals surface area contributed by atoms with Crippen molar-refractivity contribution in [1.82, 2.24) is 0 Å². The molecule has 0 amide bonds. The zero-order valence-corrected chi connectivity index (χ0v) is 14.1. The van der Waals surface area contributed by atoms with E-state index in [0.717, 1.165) is 10.2 Å². The zero-order valence-electron chi connectivity index (χ0n) is 11.7. The minimum absolute atomic E-state index is 0.553. The Hall–Kier alpha value is -1.36. The second-order valence-electron chi connectivity index (χ2n) is 4.90. The van der Waals surface area contributed by atoms with Gasteiger partial charge in [-0.25, -0.2) is 0 Å². The van der Waals surface area contributed by atoms with E-state index >= 15 is 0 Å². The molecule has 3 aromatic rings. The van der Waals surface area contributed by atoms with Gasteiger partial charge in [0.05, 0.1) is 0 Å². The van der Waals surface area contributed by atoms with Crippen molar-refractivity contribution in [2.45, 2.75) is 20.1 Å². The van der Waals surface area contributed by atoms with Crippen LogP contribution in [0.2, 0.25) is 0 Å². The van der Waals surface area contributed by atoms with Gasteiger partial charge in [-0.2, -0.15) is 0 Å². The molecule has 0 aliphatic rings. The summed E-state index contributed by atoms with van der Waals surface area (Å²) in [5.41, 5.74) is 8.25. The summed E-state index contributed by atoms with van der Waals surface area (Å²) < 4.78 is 8.33. The van der Waals surface area contributed by atoms with Gasteiger partial charge in [0.25, 0.3) is 0 Å². The summed E-state index contributed by atoms with van der Waals surface area (Å²) >= 11 is 5.26. The summed E-state index contributed by atoms with van der Waals surface area (Å²) in [6.45, 7) is 3.16. The number of nitrogens with two attached hydrogens (primary N) is 1. The van der Waals surface area contributed by atoms with Crippen molar-refractivity contribution in [3.05, 3.63) is 62.9 Å². The maximum absolute atomic E-state index is 5.97. The molecule has 0 unspecified atom stereocenters. The predicted molar refractivity (Wildman–Crippen MR) is 92.9 cm³/mol. The molecule has 0 atom stereocenters. The van der Waals surface area contributed by atoms with Gasteiger partial charge < -0.3 is 10.5 Å². The van der Waals surface area contributed by atoms with Gasteiger partial charge in [0.1, 0.15) is 12.4 Å². The Morgan fingerprint density at radius 2 is 2.00 bits per heavy atom. The Kier molecular flexibility index (Phi) is 4.29. The molecule has 2 N–H and O–H groups in total. The van der Waals surface area contributed by atoms with E-state index in [1.165, 1.54) is 26.1 Å². The van der Waals surface area contributed by atoms with Crippen LogP contribution in [0.1, 0.15) is 16.0 Å². The number of thiophene rings is 1. The number of hydrogen-bond acceptors (Lipinski definition) is 3. The first kappa shape index (κ1) is 14.6. The normalized spacial score (nSPS) is 11.0. The third kappa shape index (κ3) is 2.98. The Balaban J connectivity index is 1.89. The van der Waals surface area contributed by atoms with Crippen molar-refractivity contribution in [3.8, 4) is 5.75 Å². The maximum Gasteiger partial charge on any atom is 0.120 e.